The van der Waals surface area contributed by atoms with Gasteiger partial charge in [0.15, 0.2) is 5.13 Å². The number of carbonyl (C=O) groups is 1. The lowest BCUT2D eigenvalue weighted by atomic mass is 10.0. The molecule has 3 aliphatic rings. The Morgan fingerprint density at radius 3 is 2.73 bits per heavy atom. The number of hydrogen-bond acceptors (Lipinski definition) is 7. The van der Waals surface area contributed by atoms with Crippen molar-refractivity contribution in [2.75, 3.05) is 11.4 Å². The highest BCUT2D eigenvalue weighted by atomic mass is 35.5. The third-order valence-corrected chi connectivity index (χ3v) is 9.45. The molecule has 7 nitrogen and oxygen atoms in total. The Bertz CT molecular complexity index is 1510. The van der Waals surface area contributed by atoms with Crippen LogP contribution in [0.2, 0.25) is 10.0 Å². The van der Waals surface area contributed by atoms with Gasteiger partial charge in [0.05, 0.1) is 44.6 Å². The quantitative estimate of drug-likeness (QED) is 0.262. The van der Waals surface area contributed by atoms with Crippen molar-refractivity contribution < 1.29 is 19.2 Å². The van der Waals surface area contributed by atoms with Crippen LogP contribution in [0, 0.1) is 5.92 Å². The van der Waals surface area contributed by atoms with Crippen LogP contribution in [0.25, 0.3) is 21.5 Å². The zero-order valence-corrected chi connectivity index (χ0v) is 22.0. The van der Waals surface area contributed by atoms with Crippen LogP contribution in [0.3, 0.4) is 0 Å². The van der Waals surface area contributed by atoms with Crippen molar-refractivity contribution >= 4 is 55.9 Å². The van der Waals surface area contributed by atoms with Crippen LogP contribution in [-0.2, 0) is 11.3 Å². The van der Waals surface area contributed by atoms with Gasteiger partial charge in [0, 0.05) is 29.5 Å². The second-order valence-electron chi connectivity index (χ2n) is 10.1. The van der Waals surface area contributed by atoms with E-state index < -0.39 is 5.97 Å². The number of carboxylic acids is 1. The highest BCUT2D eigenvalue weighted by Crippen LogP contribution is 2.48. The second kappa shape index (κ2) is 8.98. The lowest BCUT2D eigenvalue weighted by Gasteiger charge is -2.26. The van der Waals surface area contributed by atoms with E-state index in [0.717, 1.165) is 58.9 Å². The molecule has 4 aromatic rings. The summed E-state index contributed by atoms with van der Waals surface area (Å²) >= 11 is 14.6. The summed E-state index contributed by atoms with van der Waals surface area (Å²) in [5, 5.41) is 15.7. The number of halogens is 2. The SMILES string of the molecule is O=C(O)c1ccc2nc(N3CC4CCC3C4OCc3c(-c4c(Cl)cccc4Cl)noc3C3CC3)sc2c1. The fourth-order valence-electron chi connectivity index (χ4n) is 5.81. The first-order valence-electron chi connectivity index (χ1n) is 12.4. The minimum absolute atomic E-state index is 0.0677. The molecule has 0 spiro atoms. The van der Waals surface area contributed by atoms with Gasteiger partial charge in [0.1, 0.15) is 11.5 Å². The Kier molecular flexibility index (Phi) is 5.69. The van der Waals surface area contributed by atoms with Crippen molar-refractivity contribution in [1.29, 1.82) is 0 Å². The maximum Gasteiger partial charge on any atom is 0.335 e. The standard InChI is InChI=1S/C27H23Cl2N3O4S/c28-17-2-1-3-18(29)22(17)23-16(24(36-31-23)13-4-5-13)12-35-25-15-7-9-20(25)32(11-15)27-30-19-8-6-14(26(33)34)10-21(19)37-27/h1-3,6,8,10,13,15,20,25H,4-5,7,9,11-12H2,(H,33,34). The molecule has 2 saturated carbocycles. The molecule has 3 fully saturated rings. The molecule has 7 rings (SSSR count). The number of ether oxygens (including phenoxy) is 1. The van der Waals surface area contributed by atoms with Crippen LogP contribution in [0.15, 0.2) is 40.9 Å². The average molecular weight is 556 g/mol. The topological polar surface area (TPSA) is 88.7 Å². The summed E-state index contributed by atoms with van der Waals surface area (Å²) in [5.74, 6) is 0.732. The van der Waals surface area contributed by atoms with E-state index in [-0.39, 0.29) is 17.7 Å². The van der Waals surface area contributed by atoms with Crippen molar-refractivity contribution in [3.63, 3.8) is 0 Å². The number of aromatic carboxylic acids is 1. The van der Waals surface area contributed by atoms with Gasteiger partial charge in [-0.3, -0.25) is 0 Å². The Morgan fingerprint density at radius 1 is 1.16 bits per heavy atom. The van der Waals surface area contributed by atoms with E-state index in [0.29, 0.717) is 39.7 Å². The summed E-state index contributed by atoms with van der Waals surface area (Å²) in [7, 11) is 0. The number of anilines is 1. The molecule has 3 heterocycles. The monoisotopic (exact) mass is 555 g/mol. The second-order valence-corrected chi connectivity index (χ2v) is 11.9. The molecule has 1 aliphatic heterocycles. The van der Waals surface area contributed by atoms with E-state index in [4.69, 9.17) is 37.4 Å². The number of nitrogens with zero attached hydrogens (tertiary/aromatic N) is 3. The molecule has 190 valence electrons. The molecule has 2 aromatic heterocycles. The van der Waals surface area contributed by atoms with Gasteiger partial charge < -0.3 is 19.3 Å². The first-order valence-corrected chi connectivity index (χ1v) is 14.0. The number of fused-ring (bicyclic) bond motifs is 3. The summed E-state index contributed by atoms with van der Waals surface area (Å²) in [5.41, 5.74) is 3.40. The third-order valence-electron chi connectivity index (χ3n) is 7.76. The summed E-state index contributed by atoms with van der Waals surface area (Å²) in [6.45, 7) is 1.27. The summed E-state index contributed by atoms with van der Waals surface area (Å²) in [6, 6.07) is 10.8. The normalized spacial score (nSPS) is 22.9. The van der Waals surface area contributed by atoms with Gasteiger partial charge in [0.2, 0.25) is 0 Å². The van der Waals surface area contributed by atoms with Crippen LogP contribution in [0.4, 0.5) is 5.13 Å². The van der Waals surface area contributed by atoms with E-state index in [9.17, 15) is 9.90 Å². The predicted octanol–water partition coefficient (Wildman–Crippen LogP) is 7.02. The number of piperidine rings is 1. The highest BCUT2D eigenvalue weighted by molar-refractivity contribution is 7.22. The number of thiazole rings is 1. The molecular weight excluding hydrogens is 533 g/mol. The first-order chi connectivity index (χ1) is 18.0. The Morgan fingerprint density at radius 2 is 1.97 bits per heavy atom. The van der Waals surface area contributed by atoms with E-state index in [1.807, 2.05) is 18.2 Å². The van der Waals surface area contributed by atoms with Crippen molar-refractivity contribution in [3.8, 4) is 11.3 Å². The molecular formula is C27H23Cl2N3O4S. The average Bonchev–Trinajstić information content (AvgIpc) is 3.21. The first kappa shape index (κ1) is 23.5. The molecule has 3 atom stereocenters. The largest absolute Gasteiger partial charge is 0.478 e. The minimum atomic E-state index is -0.928. The van der Waals surface area contributed by atoms with Gasteiger partial charge in [-0.1, -0.05) is 45.8 Å². The van der Waals surface area contributed by atoms with Gasteiger partial charge in [-0.25, -0.2) is 9.78 Å². The Hall–Kier alpha value is -2.65. The molecule has 2 aromatic carbocycles. The van der Waals surface area contributed by atoms with E-state index in [1.165, 1.54) is 0 Å². The van der Waals surface area contributed by atoms with Crippen LogP contribution in [-0.4, -0.2) is 39.9 Å². The van der Waals surface area contributed by atoms with Crippen molar-refractivity contribution in [3.05, 3.63) is 63.3 Å². The molecule has 1 N–H and O–H groups in total. The van der Waals surface area contributed by atoms with Gasteiger partial charge >= 0.3 is 5.97 Å². The molecule has 0 radical (unpaired) electrons. The number of hydrogen-bond donors (Lipinski definition) is 1. The molecule has 37 heavy (non-hydrogen) atoms. The van der Waals surface area contributed by atoms with Crippen molar-refractivity contribution in [1.82, 2.24) is 10.1 Å². The summed E-state index contributed by atoms with van der Waals surface area (Å²) in [6.07, 6.45) is 4.39. The van der Waals surface area contributed by atoms with Gasteiger partial charge in [0.25, 0.3) is 0 Å². The lowest BCUT2D eigenvalue weighted by molar-refractivity contribution is 0.0264. The molecule has 10 heteroatoms. The van der Waals surface area contributed by atoms with Crippen LogP contribution in [0.5, 0.6) is 0 Å². The minimum Gasteiger partial charge on any atom is -0.478 e. The number of benzene rings is 2. The zero-order chi connectivity index (χ0) is 25.3. The molecule has 1 saturated heterocycles. The fourth-order valence-corrected chi connectivity index (χ4v) is 7.46. The van der Waals surface area contributed by atoms with E-state index >= 15 is 0 Å². The predicted molar refractivity (Wildman–Crippen MR) is 143 cm³/mol. The Labute approximate surface area is 226 Å². The Balaban J connectivity index is 1.15. The fraction of sp³-hybridized carbons (Fsp3) is 0.370. The van der Waals surface area contributed by atoms with Gasteiger partial charge in [-0.2, -0.15) is 0 Å². The van der Waals surface area contributed by atoms with Gasteiger partial charge in [-0.15, -0.1) is 0 Å². The maximum atomic E-state index is 11.4. The van der Waals surface area contributed by atoms with Crippen LogP contribution >= 0.6 is 34.5 Å². The summed E-state index contributed by atoms with van der Waals surface area (Å²) < 4.78 is 13.3. The smallest absolute Gasteiger partial charge is 0.335 e. The highest BCUT2D eigenvalue weighted by Gasteiger charge is 2.49. The molecule has 0 amide bonds. The molecule has 3 unspecified atom stereocenters. The van der Waals surface area contributed by atoms with Crippen molar-refractivity contribution in [2.45, 2.75) is 50.4 Å². The maximum absolute atomic E-state index is 11.4. The molecule has 2 bridgehead atoms. The van der Waals surface area contributed by atoms with Gasteiger partial charge in [-0.05, 0) is 56.0 Å². The van der Waals surface area contributed by atoms with E-state index in [1.54, 1.807) is 29.5 Å². The third kappa shape index (κ3) is 4.02. The number of carboxylic acid groups (broad SMARTS) is 1. The lowest BCUT2D eigenvalue weighted by Crippen LogP contribution is -2.35. The van der Waals surface area contributed by atoms with Crippen molar-refractivity contribution in [2.24, 2.45) is 5.92 Å². The number of aromatic nitrogens is 2. The van der Waals surface area contributed by atoms with E-state index in [2.05, 4.69) is 10.1 Å². The summed E-state index contributed by atoms with van der Waals surface area (Å²) in [4.78, 5) is 18.5. The number of rotatable bonds is 7. The van der Waals surface area contributed by atoms with Crippen LogP contribution in [0.1, 0.15) is 53.3 Å². The molecule has 2 aliphatic carbocycles. The zero-order valence-electron chi connectivity index (χ0n) is 19.7. The van der Waals surface area contributed by atoms with Crippen LogP contribution < -0.4 is 4.90 Å².